The topological polar surface area (TPSA) is 23.5 Å². The lowest BCUT2D eigenvalue weighted by atomic mass is 9.52. The Morgan fingerprint density at radius 3 is 2.95 bits per heavy atom. The third-order valence-electron chi connectivity index (χ3n) is 6.20. The summed E-state index contributed by atoms with van der Waals surface area (Å²) < 4.78 is 0. The Bertz CT molecular complexity index is 585. The van der Waals surface area contributed by atoms with Gasteiger partial charge in [-0.3, -0.25) is 0 Å². The van der Waals surface area contributed by atoms with Crippen LogP contribution in [0.4, 0.5) is 0 Å². The van der Waals surface area contributed by atoms with Crippen molar-refractivity contribution in [1.29, 1.82) is 0 Å². The van der Waals surface area contributed by atoms with Crippen LogP contribution in [0, 0.1) is 5.92 Å². The predicted octanol–water partition coefficient (Wildman–Crippen LogP) is 4.41. The minimum atomic E-state index is 0. The molecule has 2 bridgehead atoms. The average molecular weight is 320 g/mol. The van der Waals surface area contributed by atoms with E-state index in [2.05, 4.69) is 36.2 Å². The highest BCUT2D eigenvalue weighted by atomic mass is 35.5. The minimum absolute atomic E-state index is 0. The van der Waals surface area contributed by atoms with Crippen LogP contribution >= 0.6 is 12.4 Å². The summed E-state index contributed by atoms with van der Waals surface area (Å²) in [5, 5.41) is 9.99. The van der Waals surface area contributed by atoms with Gasteiger partial charge in [-0.2, -0.15) is 0 Å². The third kappa shape index (κ3) is 2.15. The molecule has 2 fully saturated rings. The minimum Gasteiger partial charge on any atom is -0.508 e. The Labute approximate surface area is 139 Å². The molecular weight excluding hydrogens is 294 g/mol. The highest BCUT2D eigenvalue weighted by Gasteiger charge is 2.53. The number of aromatic hydroxyl groups is 1. The van der Waals surface area contributed by atoms with E-state index in [1.54, 1.807) is 0 Å². The molecule has 1 saturated carbocycles. The smallest absolute Gasteiger partial charge is 0.115 e. The molecule has 0 unspecified atom stereocenters. The number of rotatable bonds is 1. The van der Waals surface area contributed by atoms with Crippen molar-refractivity contribution in [2.45, 2.75) is 56.9 Å². The van der Waals surface area contributed by atoms with Crippen LogP contribution in [-0.2, 0) is 11.8 Å². The number of phenols is 1. The number of piperidine rings is 1. The van der Waals surface area contributed by atoms with Crippen LogP contribution in [0.15, 0.2) is 30.5 Å². The number of halogens is 1. The van der Waals surface area contributed by atoms with Gasteiger partial charge in [0.1, 0.15) is 5.75 Å². The van der Waals surface area contributed by atoms with Gasteiger partial charge >= 0.3 is 0 Å². The maximum atomic E-state index is 9.99. The fraction of sp³-hybridized carbons (Fsp3) is 0.579. The summed E-state index contributed by atoms with van der Waals surface area (Å²) in [6.45, 7) is 3.29. The van der Waals surface area contributed by atoms with E-state index in [1.165, 1.54) is 49.8 Å². The molecule has 0 spiro atoms. The molecule has 4 rings (SSSR count). The van der Waals surface area contributed by atoms with Crippen LogP contribution in [0.2, 0.25) is 0 Å². The van der Waals surface area contributed by atoms with Crippen LogP contribution in [0.1, 0.15) is 50.2 Å². The van der Waals surface area contributed by atoms with E-state index in [-0.39, 0.29) is 12.4 Å². The van der Waals surface area contributed by atoms with Gasteiger partial charge in [0.2, 0.25) is 0 Å². The van der Waals surface area contributed by atoms with E-state index in [9.17, 15) is 5.11 Å². The van der Waals surface area contributed by atoms with Crippen LogP contribution in [-0.4, -0.2) is 22.6 Å². The lowest BCUT2D eigenvalue weighted by Crippen LogP contribution is -2.59. The summed E-state index contributed by atoms with van der Waals surface area (Å²) in [6, 6.07) is 6.78. The molecular formula is C19H26ClNO. The van der Waals surface area contributed by atoms with Crippen LogP contribution < -0.4 is 0 Å². The van der Waals surface area contributed by atoms with Crippen molar-refractivity contribution in [3.8, 4) is 5.75 Å². The number of nitrogens with zero attached hydrogens (tertiary/aromatic N) is 1. The lowest BCUT2D eigenvalue weighted by Gasteiger charge is -2.59. The first-order valence-corrected chi connectivity index (χ1v) is 8.45. The monoisotopic (exact) mass is 319 g/mol. The van der Waals surface area contributed by atoms with Crippen molar-refractivity contribution in [2.75, 3.05) is 6.54 Å². The zero-order valence-electron chi connectivity index (χ0n) is 13.3. The van der Waals surface area contributed by atoms with E-state index in [0.29, 0.717) is 17.2 Å². The molecule has 0 amide bonds. The summed E-state index contributed by atoms with van der Waals surface area (Å²) in [5.74, 6) is 1.22. The van der Waals surface area contributed by atoms with Gasteiger partial charge in [-0.1, -0.05) is 25.0 Å². The molecule has 1 heterocycles. The second kappa shape index (κ2) is 5.81. The molecule has 0 radical (unpaired) electrons. The van der Waals surface area contributed by atoms with E-state index < -0.39 is 0 Å². The third-order valence-corrected chi connectivity index (χ3v) is 6.20. The van der Waals surface area contributed by atoms with Gasteiger partial charge in [-0.05, 0) is 68.0 Å². The maximum absolute atomic E-state index is 9.99. The van der Waals surface area contributed by atoms with E-state index >= 15 is 0 Å². The van der Waals surface area contributed by atoms with Gasteiger partial charge in [0.05, 0.1) is 0 Å². The molecule has 0 aromatic heterocycles. The summed E-state index contributed by atoms with van der Waals surface area (Å²) >= 11 is 0. The number of hydrogen-bond donors (Lipinski definition) is 1. The van der Waals surface area contributed by atoms with E-state index in [1.807, 2.05) is 6.07 Å². The molecule has 3 aliphatic rings. The van der Waals surface area contributed by atoms with Crippen molar-refractivity contribution in [2.24, 2.45) is 5.92 Å². The predicted molar refractivity (Wildman–Crippen MR) is 92.6 cm³/mol. The Morgan fingerprint density at radius 2 is 2.14 bits per heavy atom. The maximum Gasteiger partial charge on any atom is 0.115 e. The molecule has 3 atom stereocenters. The highest BCUT2D eigenvalue weighted by molar-refractivity contribution is 5.85. The van der Waals surface area contributed by atoms with Gasteiger partial charge in [-0.15, -0.1) is 12.4 Å². The number of likely N-dealkylation sites (tertiary alicyclic amines) is 1. The molecule has 2 aliphatic carbocycles. The summed E-state index contributed by atoms with van der Waals surface area (Å²) in [6.07, 6.45) is 12.3. The SMILES string of the molecule is C/C=C\N1CC[C@]23CCCC[C@H]2[C@H]1Cc1ccc(O)cc13.Cl. The van der Waals surface area contributed by atoms with E-state index in [0.717, 1.165) is 12.3 Å². The molecule has 1 N–H and O–H groups in total. The molecule has 1 aromatic rings. The van der Waals surface area contributed by atoms with E-state index in [4.69, 9.17) is 0 Å². The zero-order valence-corrected chi connectivity index (χ0v) is 14.1. The van der Waals surface area contributed by atoms with Crippen molar-refractivity contribution in [3.63, 3.8) is 0 Å². The number of hydrogen-bond acceptors (Lipinski definition) is 2. The van der Waals surface area contributed by atoms with Gasteiger partial charge in [0.15, 0.2) is 0 Å². The molecule has 22 heavy (non-hydrogen) atoms. The number of allylic oxidation sites excluding steroid dienone is 1. The van der Waals surface area contributed by atoms with Crippen molar-refractivity contribution >= 4 is 12.4 Å². The number of phenolic OH excluding ortho intramolecular Hbond substituents is 1. The first kappa shape index (κ1) is 15.7. The van der Waals surface area contributed by atoms with Crippen LogP contribution in [0.3, 0.4) is 0 Å². The highest BCUT2D eigenvalue weighted by Crippen LogP contribution is 2.56. The standard InChI is InChI=1S/C19H25NO.ClH/c1-2-10-20-11-9-19-8-4-3-5-16(19)18(20)12-14-6-7-15(21)13-17(14)19;/h2,6-7,10,13,16,18,21H,3-5,8-9,11-12H2,1H3;1H/b10-2-;/t16-,18+,19+;/m0./s1. The molecule has 120 valence electrons. The van der Waals surface area contributed by atoms with Gasteiger partial charge in [-0.25, -0.2) is 0 Å². The molecule has 1 aliphatic heterocycles. The summed E-state index contributed by atoms with van der Waals surface area (Å²) in [7, 11) is 0. The molecule has 1 aromatic carbocycles. The van der Waals surface area contributed by atoms with Gasteiger partial charge < -0.3 is 10.0 Å². The Morgan fingerprint density at radius 1 is 1.27 bits per heavy atom. The normalized spacial score (nSPS) is 33.0. The molecule has 1 saturated heterocycles. The lowest BCUT2D eigenvalue weighted by molar-refractivity contribution is 0.0137. The Hall–Kier alpha value is -1.15. The number of fused-ring (bicyclic) bond motifs is 1. The van der Waals surface area contributed by atoms with Crippen molar-refractivity contribution in [3.05, 3.63) is 41.6 Å². The first-order chi connectivity index (χ1) is 10.2. The number of benzene rings is 1. The second-order valence-electron chi connectivity index (χ2n) is 7.09. The first-order valence-electron chi connectivity index (χ1n) is 8.45. The van der Waals surface area contributed by atoms with Gasteiger partial charge in [0, 0.05) is 18.0 Å². The van der Waals surface area contributed by atoms with Crippen LogP contribution in [0.25, 0.3) is 0 Å². The van der Waals surface area contributed by atoms with Crippen molar-refractivity contribution in [1.82, 2.24) is 4.90 Å². The zero-order chi connectivity index (χ0) is 14.4. The average Bonchev–Trinajstić information content (AvgIpc) is 2.51. The van der Waals surface area contributed by atoms with Gasteiger partial charge in [0.25, 0.3) is 0 Å². The fourth-order valence-corrected chi connectivity index (χ4v) is 5.40. The Balaban J connectivity index is 0.00000144. The Kier molecular flexibility index (Phi) is 4.15. The summed E-state index contributed by atoms with van der Waals surface area (Å²) in [4.78, 5) is 2.59. The molecule has 3 heteroatoms. The quantitative estimate of drug-likeness (QED) is 0.829. The van der Waals surface area contributed by atoms with Crippen molar-refractivity contribution < 1.29 is 5.11 Å². The largest absolute Gasteiger partial charge is 0.508 e. The second-order valence-corrected chi connectivity index (χ2v) is 7.09. The van der Waals surface area contributed by atoms with Crippen LogP contribution in [0.5, 0.6) is 5.75 Å². The summed E-state index contributed by atoms with van der Waals surface area (Å²) in [5.41, 5.74) is 3.29. The molecule has 2 nitrogen and oxygen atoms in total. The fourth-order valence-electron chi connectivity index (χ4n) is 5.40.